The molecule has 3 heteroatoms. The zero-order chi connectivity index (χ0) is 11.3. The maximum Gasteiger partial charge on any atom is 0.230 e. The van der Waals surface area contributed by atoms with Crippen molar-refractivity contribution in [3.05, 3.63) is 29.8 Å². The van der Waals surface area contributed by atoms with Crippen LogP contribution in [0.25, 0.3) is 0 Å². The normalized spacial score (nSPS) is 31.8. The van der Waals surface area contributed by atoms with Gasteiger partial charge in [0.15, 0.2) is 0 Å². The van der Waals surface area contributed by atoms with Crippen molar-refractivity contribution in [2.24, 2.45) is 17.6 Å². The predicted molar refractivity (Wildman–Crippen MR) is 63.1 cm³/mol. The van der Waals surface area contributed by atoms with E-state index in [0.29, 0.717) is 12.5 Å². The minimum absolute atomic E-state index is 0.222. The van der Waals surface area contributed by atoms with Gasteiger partial charge >= 0.3 is 0 Å². The highest BCUT2D eigenvalue weighted by Gasteiger charge is 2.58. The van der Waals surface area contributed by atoms with Gasteiger partial charge in [0.2, 0.25) is 5.91 Å². The Bertz CT molecular complexity index is 426. The molecule has 84 valence electrons. The first-order valence-electron chi connectivity index (χ1n) is 5.82. The molecule has 3 nitrogen and oxygen atoms in total. The summed E-state index contributed by atoms with van der Waals surface area (Å²) in [5.41, 5.74) is 7.99. The molecule has 1 saturated heterocycles. The van der Waals surface area contributed by atoms with Gasteiger partial charge in [0.25, 0.3) is 0 Å². The Balaban J connectivity index is 1.94. The first kappa shape index (κ1) is 9.85. The molecule has 3 atom stereocenters. The molecule has 0 radical (unpaired) electrons. The molecule has 3 rings (SSSR count). The van der Waals surface area contributed by atoms with E-state index in [9.17, 15) is 4.79 Å². The summed E-state index contributed by atoms with van der Waals surface area (Å²) in [7, 11) is 0. The molecule has 1 aromatic carbocycles. The van der Waals surface area contributed by atoms with E-state index < -0.39 is 0 Å². The maximum absolute atomic E-state index is 12.1. The van der Waals surface area contributed by atoms with Crippen LogP contribution in [0.1, 0.15) is 12.0 Å². The van der Waals surface area contributed by atoms with E-state index >= 15 is 0 Å². The molecule has 1 aromatic rings. The molecule has 0 spiro atoms. The summed E-state index contributed by atoms with van der Waals surface area (Å²) in [5.74, 6) is 1.04. The maximum atomic E-state index is 12.1. The third-order valence-corrected chi connectivity index (χ3v) is 3.77. The first-order valence-corrected chi connectivity index (χ1v) is 5.82. The number of nitrogens with two attached hydrogens (primary N) is 1. The number of anilines is 1. The highest BCUT2D eigenvalue weighted by Crippen LogP contribution is 2.51. The Labute approximate surface area is 95.2 Å². The Hall–Kier alpha value is -1.35. The van der Waals surface area contributed by atoms with Crippen LogP contribution < -0.4 is 10.6 Å². The number of benzene rings is 1. The fourth-order valence-corrected chi connectivity index (χ4v) is 2.76. The summed E-state index contributed by atoms with van der Waals surface area (Å²) in [6.07, 6.45) is 1.04. The lowest BCUT2D eigenvalue weighted by Crippen LogP contribution is -2.41. The molecular weight excluding hydrogens is 200 g/mol. The lowest BCUT2D eigenvalue weighted by molar-refractivity contribution is -0.118. The van der Waals surface area contributed by atoms with E-state index in [0.717, 1.165) is 12.1 Å². The van der Waals surface area contributed by atoms with Gasteiger partial charge in [-0.05, 0) is 31.4 Å². The van der Waals surface area contributed by atoms with Gasteiger partial charge < -0.3 is 10.6 Å². The van der Waals surface area contributed by atoms with Crippen molar-refractivity contribution in [2.45, 2.75) is 19.4 Å². The van der Waals surface area contributed by atoms with Crippen LogP contribution in [0.5, 0.6) is 0 Å². The third kappa shape index (κ3) is 1.28. The van der Waals surface area contributed by atoms with Gasteiger partial charge in [0.1, 0.15) is 0 Å². The molecule has 16 heavy (non-hydrogen) atoms. The minimum Gasteiger partial charge on any atom is -0.328 e. The predicted octanol–water partition coefficient (Wildman–Crippen LogP) is 1.31. The van der Waals surface area contributed by atoms with E-state index in [2.05, 4.69) is 0 Å². The third-order valence-electron chi connectivity index (χ3n) is 3.77. The fourth-order valence-electron chi connectivity index (χ4n) is 2.76. The van der Waals surface area contributed by atoms with E-state index in [4.69, 9.17) is 5.73 Å². The van der Waals surface area contributed by atoms with Gasteiger partial charge in [-0.15, -0.1) is 0 Å². The molecule has 1 aliphatic heterocycles. The second kappa shape index (κ2) is 3.32. The Morgan fingerprint density at radius 3 is 2.69 bits per heavy atom. The number of nitrogens with zero attached hydrogens (tertiary/aromatic N) is 1. The molecule has 3 unspecified atom stereocenters. The number of hydrogen-bond donors (Lipinski definition) is 1. The van der Waals surface area contributed by atoms with Gasteiger partial charge in [0.05, 0.1) is 6.04 Å². The first-order chi connectivity index (χ1) is 7.72. The number of carbonyl (C=O) groups excluding carboxylic acids is 1. The summed E-state index contributed by atoms with van der Waals surface area (Å²) in [4.78, 5) is 14.0. The smallest absolute Gasteiger partial charge is 0.230 e. The summed E-state index contributed by atoms with van der Waals surface area (Å²) in [5, 5.41) is 0. The molecule has 0 bridgehead atoms. The van der Waals surface area contributed by atoms with Crippen molar-refractivity contribution in [1.29, 1.82) is 0 Å². The monoisotopic (exact) mass is 216 g/mol. The van der Waals surface area contributed by atoms with Gasteiger partial charge in [0, 0.05) is 18.2 Å². The summed E-state index contributed by atoms with van der Waals surface area (Å²) in [6, 6.07) is 8.34. The molecule has 1 heterocycles. The zero-order valence-electron chi connectivity index (χ0n) is 9.39. The molecule has 1 saturated carbocycles. The molecule has 2 N–H and O–H groups in total. The van der Waals surface area contributed by atoms with E-state index in [1.165, 1.54) is 5.56 Å². The standard InChI is InChI=1S/C13H16N2O/c1-8-2-4-9(5-3-8)15-12(7-14)10-6-11(10)13(15)16/h2-5,10-12H,6-7,14H2,1H3. The number of piperidine rings is 1. The average molecular weight is 216 g/mol. The molecule has 0 aromatic heterocycles. The highest BCUT2D eigenvalue weighted by molar-refractivity contribution is 6.00. The number of amides is 1. The Morgan fingerprint density at radius 1 is 1.38 bits per heavy atom. The van der Waals surface area contributed by atoms with Crippen LogP contribution in [0.2, 0.25) is 0 Å². The summed E-state index contributed by atoms with van der Waals surface area (Å²) in [6.45, 7) is 2.62. The van der Waals surface area contributed by atoms with Crippen LogP contribution in [-0.4, -0.2) is 18.5 Å². The molecule has 2 fully saturated rings. The van der Waals surface area contributed by atoms with Crippen LogP contribution in [0.15, 0.2) is 24.3 Å². The molecule has 1 amide bonds. The quantitative estimate of drug-likeness (QED) is 0.810. The van der Waals surface area contributed by atoms with Crippen LogP contribution in [0, 0.1) is 18.8 Å². The molecule has 2 aliphatic rings. The van der Waals surface area contributed by atoms with Crippen LogP contribution >= 0.6 is 0 Å². The van der Waals surface area contributed by atoms with E-state index in [-0.39, 0.29) is 17.9 Å². The number of rotatable bonds is 2. The average Bonchev–Trinajstić information content (AvgIpc) is 3.02. The minimum atomic E-state index is 0.222. The zero-order valence-corrected chi connectivity index (χ0v) is 9.39. The van der Waals surface area contributed by atoms with Crippen molar-refractivity contribution in [3.63, 3.8) is 0 Å². The lowest BCUT2D eigenvalue weighted by atomic mass is 10.1. The SMILES string of the molecule is Cc1ccc(N2C(=O)C3CC3C2CN)cc1. The van der Waals surface area contributed by atoms with Crippen LogP contribution in [-0.2, 0) is 4.79 Å². The fraction of sp³-hybridized carbons (Fsp3) is 0.462. The van der Waals surface area contributed by atoms with Crippen molar-refractivity contribution in [1.82, 2.24) is 0 Å². The number of carbonyl (C=O) groups is 1. The summed E-state index contributed by atoms with van der Waals surface area (Å²) >= 11 is 0. The largest absolute Gasteiger partial charge is 0.328 e. The molecule has 1 aliphatic carbocycles. The highest BCUT2D eigenvalue weighted by atomic mass is 16.2. The van der Waals surface area contributed by atoms with Gasteiger partial charge in [-0.1, -0.05) is 17.7 Å². The Morgan fingerprint density at radius 2 is 2.06 bits per heavy atom. The number of aryl methyl sites for hydroxylation is 1. The van der Waals surface area contributed by atoms with Crippen LogP contribution in [0.3, 0.4) is 0 Å². The van der Waals surface area contributed by atoms with Crippen molar-refractivity contribution < 1.29 is 4.79 Å². The second-order valence-corrected chi connectivity index (χ2v) is 4.85. The van der Waals surface area contributed by atoms with Crippen molar-refractivity contribution in [3.8, 4) is 0 Å². The van der Waals surface area contributed by atoms with Crippen LogP contribution in [0.4, 0.5) is 5.69 Å². The van der Waals surface area contributed by atoms with Gasteiger partial charge in [-0.25, -0.2) is 0 Å². The van der Waals surface area contributed by atoms with E-state index in [1.54, 1.807) is 0 Å². The Kier molecular flexibility index (Phi) is 2.04. The van der Waals surface area contributed by atoms with Crippen molar-refractivity contribution in [2.75, 3.05) is 11.4 Å². The van der Waals surface area contributed by atoms with Gasteiger partial charge in [-0.3, -0.25) is 4.79 Å². The molecular formula is C13H16N2O. The number of hydrogen-bond acceptors (Lipinski definition) is 2. The van der Waals surface area contributed by atoms with E-state index in [1.807, 2.05) is 36.1 Å². The van der Waals surface area contributed by atoms with Crippen molar-refractivity contribution >= 4 is 11.6 Å². The summed E-state index contributed by atoms with van der Waals surface area (Å²) < 4.78 is 0. The topological polar surface area (TPSA) is 46.3 Å². The number of fused-ring (bicyclic) bond motifs is 1. The van der Waals surface area contributed by atoms with Gasteiger partial charge in [-0.2, -0.15) is 0 Å². The lowest BCUT2D eigenvalue weighted by Gasteiger charge is -2.26. The second-order valence-electron chi connectivity index (χ2n) is 4.85.